The molecule has 8 rings (SSSR count). The van der Waals surface area contributed by atoms with Crippen molar-refractivity contribution in [1.82, 2.24) is 4.90 Å². The molecular weight excluding hydrogens is 829 g/mol. The molecule has 10 nitrogen and oxygen atoms in total. The number of carboxylic acids is 1. The Morgan fingerprint density at radius 2 is 1.24 bits per heavy atom. The van der Waals surface area contributed by atoms with Gasteiger partial charge in [-0.3, -0.25) is 9.69 Å². The van der Waals surface area contributed by atoms with Crippen LogP contribution in [0.5, 0.6) is 46.0 Å². The van der Waals surface area contributed by atoms with Crippen molar-refractivity contribution in [1.29, 1.82) is 0 Å². The van der Waals surface area contributed by atoms with Gasteiger partial charge in [-0.05, 0) is 104 Å². The van der Waals surface area contributed by atoms with Crippen molar-refractivity contribution in [2.24, 2.45) is 0 Å². The molecule has 4 aliphatic heterocycles. The molecule has 0 aliphatic carbocycles. The standard InChI is InChI=1S/C56H76N2O8/c1-57-31-29-43-38-52(63-5)55(64-6)56-54(43)46(57)34-41-25-28-48(61-3)50(36-41)65-44-26-23-40(24-27-44)35-47-45-39-51(66-56)49(62-4)37-42(45)30-33-58(47,2)32-21-19-17-15-13-11-9-7-8-10-12-14-16-18-20-22-53(59)60/h23-28,36-39,46-47H,7-22,29-35H2,1-6H3/p+1. The molecule has 0 amide bonds. The van der Waals surface area contributed by atoms with Crippen molar-refractivity contribution in [3.8, 4) is 46.0 Å². The number of nitrogens with zero attached hydrogens (tertiary/aromatic N) is 2. The minimum absolute atomic E-state index is 0.0183. The lowest BCUT2D eigenvalue weighted by molar-refractivity contribution is -0.941. The first-order valence-corrected chi connectivity index (χ1v) is 25.0. The lowest BCUT2D eigenvalue weighted by Crippen LogP contribution is -2.52. The number of hydrogen-bond acceptors (Lipinski definition) is 8. The van der Waals surface area contributed by atoms with E-state index < -0.39 is 5.97 Å². The van der Waals surface area contributed by atoms with Gasteiger partial charge >= 0.3 is 5.97 Å². The maximum Gasteiger partial charge on any atom is 0.303 e. The van der Waals surface area contributed by atoms with Crippen LogP contribution in [-0.2, 0) is 30.5 Å². The number of hydrogen-bond donors (Lipinski definition) is 1. The zero-order valence-electron chi connectivity index (χ0n) is 40.9. The highest BCUT2D eigenvalue weighted by molar-refractivity contribution is 5.66. The van der Waals surface area contributed by atoms with Crippen LogP contribution in [0, 0.1) is 0 Å². The number of ether oxygens (including phenoxy) is 6. The lowest BCUT2D eigenvalue weighted by Gasteiger charge is -2.46. The average Bonchev–Trinajstić information content (AvgIpc) is 3.31. The van der Waals surface area contributed by atoms with Crippen molar-refractivity contribution >= 4 is 5.97 Å². The van der Waals surface area contributed by atoms with E-state index in [2.05, 4.69) is 73.6 Å². The molecular formula is C56H77N2O8+. The third kappa shape index (κ3) is 12.1. The van der Waals surface area contributed by atoms with E-state index in [1.54, 1.807) is 28.4 Å². The Morgan fingerprint density at radius 1 is 0.652 bits per heavy atom. The van der Waals surface area contributed by atoms with E-state index >= 15 is 0 Å². The number of methoxy groups -OCH3 is 4. The van der Waals surface area contributed by atoms with Crippen LogP contribution in [-0.4, -0.2) is 82.6 Å². The molecule has 0 spiro atoms. The summed E-state index contributed by atoms with van der Waals surface area (Å²) in [6.07, 6.45) is 22.3. The molecule has 0 radical (unpaired) electrons. The summed E-state index contributed by atoms with van der Waals surface area (Å²) < 4.78 is 39.0. The van der Waals surface area contributed by atoms with E-state index in [0.717, 1.165) is 85.3 Å². The lowest BCUT2D eigenvalue weighted by atomic mass is 9.85. The van der Waals surface area contributed by atoms with Crippen LogP contribution in [0.2, 0.25) is 0 Å². The van der Waals surface area contributed by atoms with Gasteiger partial charge in [0.2, 0.25) is 5.75 Å². The first kappa shape index (κ1) is 49.0. The third-order valence-corrected chi connectivity index (χ3v) is 14.8. The van der Waals surface area contributed by atoms with E-state index in [-0.39, 0.29) is 12.1 Å². The van der Waals surface area contributed by atoms with Gasteiger partial charge in [-0.25, -0.2) is 0 Å². The summed E-state index contributed by atoms with van der Waals surface area (Å²) in [4.78, 5) is 13.1. The summed E-state index contributed by atoms with van der Waals surface area (Å²) in [5.41, 5.74) is 7.33. The molecule has 1 N–H and O–H groups in total. The summed E-state index contributed by atoms with van der Waals surface area (Å²) in [7, 11) is 11.5. The molecule has 4 aliphatic rings. The Hall–Kier alpha value is -4.93. The van der Waals surface area contributed by atoms with Gasteiger partial charge in [0.15, 0.2) is 34.5 Å². The first-order chi connectivity index (χ1) is 32.1. The van der Waals surface area contributed by atoms with Gasteiger partial charge in [0.05, 0.1) is 48.6 Å². The number of benzene rings is 4. The summed E-state index contributed by atoms with van der Waals surface area (Å²) in [6.45, 7) is 3.07. The van der Waals surface area contributed by atoms with Crippen LogP contribution in [0.25, 0.3) is 0 Å². The van der Waals surface area contributed by atoms with Crippen LogP contribution in [0.1, 0.15) is 148 Å². The van der Waals surface area contributed by atoms with Gasteiger partial charge in [-0.2, -0.15) is 0 Å². The zero-order chi connectivity index (χ0) is 46.5. The molecule has 0 saturated heterocycles. The van der Waals surface area contributed by atoms with Gasteiger partial charge < -0.3 is 38.0 Å². The second kappa shape index (κ2) is 23.7. The van der Waals surface area contributed by atoms with Crippen LogP contribution in [0.3, 0.4) is 0 Å². The minimum Gasteiger partial charge on any atom is -0.493 e. The van der Waals surface area contributed by atoms with Crippen molar-refractivity contribution < 1.29 is 42.8 Å². The van der Waals surface area contributed by atoms with Crippen LogP contribution in [0.4, 0.5) is 0 Å². The summed E-state index contributed by atoms with van der Waals surface area (Å²) >= 11 is 0. The molecule has 10 heteroatoms. The number of unbranched alkanes of at least 4 members (excludes halogenated alkanes) is 14. The number of likely N-dealkylation sites (N-methyl/N-ethyl adjacent to an activating group) is 2. The van der Waals surface area contributed by atoms with Crippen molar-refractivity contribution in [3.05, 3.63) is 94.0 Å². The fourth-order valence-electron chi connectivity index (χ4n) is 10.8. The van der Waals surface area contributed by atoms with E-state index in [1.807, 2.05) is 6.07 Å². The summed E-state index contributed by atoms with van der Waals surface area (Å²) in [5, 5.41) is 8.80. The molecule has 4 aromatic rings. The average molecular weight is 906 g/mol. The zero-order valence-corrected chi connectivity index (χ0v) is 40.9. The molecule has 4 aromatic carbocycles. The van der Waals surface area contributed by atoms with Crippen molar-refractivity contribution in [3.63, 3.8) is 0 Å². The fourth-order valence-corrected chi connectivity index (χ4v) is 10.8. The summed E-state index contributed by atoms with van der Waals surface area (Å²) in [6, 6.07) is 21.7. The van der Waals surface area contributed by atoms with E-state index in [0.29, 0.717) is 40.9 Å². The number of rotatable bonds is 22. The van der Waals surface area contributed by atoms with Crippen molar-refractivity contribution in [2.75, 3.05) is 62.2 Å². The van der Waals surface area contributed by atoms with E-state index in [1.165, 1.54) is 106 Å². The van der Waals surface area contributed by atoms with E-state index in [4.69, 9.17) is 33.5 Å². The minimum atomic E-state index is -0.673. The van der Waals surface area contributed by atoms with Gasteiger partial charge in [-0.1, -0.05) is 95.2 Å². The second-order valence-electron chi connectivity index (χ2n) is 19.3. The molecule has 6 bridgehead atoms. The SMILES string of the molecule is COc1ccc2cc1Oc1ccc(cc1)CC1c3cc(c(OC)cc3CC[N+]1(C)CCCCCCCCCCCCCCCCCC(=O)O)Oc1c(OC)c(OC)cc3c1C(C2)N(C)CC3. The van der Waals surface area contributed by atoms with Crippen LogP contribution >= 0.6 is 0 Å². The third-order valence-electron chi connectivity index (χ3n) is 14.8. The van der Waals surface area contributed by atoms with Gasteiger partial charge in [0, 0.05) is 43.0 Å². The molecule has 4 heterocycles. The maximum absolute atomic E-state index is 10.7. The molecule has 358 valence electrons. The van der Waals surface area contributed by atoms with Crippen molar-refractivity contribution in [2.45, 2.75) is 141 Å². The predicted octanol–water partition coefficient (Wildman–Crippen LogP) is 13.0. The number of aliphatic carboxylic acids is 1. The monoisotopic (exact) mass is 906 g/mol. The van der Waals surface area contributed by atoms with Gasteiger partial charge in [0.1, 0.15) is 11.8 Å². The van der Waals surface area contributed by atoms with Crippen LogP contribution in [0.15, 0.2) is 60.7 Å². The largest absolute Gasteiger partial charge is 0.493 e. The van der Waals surface area contributed by atoms with Gasteiger partial charge in [0.25, 0.3) is 0 Å². The van der Waals surface area contributed by atoms with E-state index in [9.17, 15) is 4.79 Å². The number of fused-ring (bicyclic) bond motifs is 2. The quantitative estimate of drug-likeness (QED) is 0.0611. The molecule has 0 aromatic heterocycles. The Balaban J connectivity index is 1.10. The highest BCUT2D eigenvalue weighted by Gasteiger charge is 2.40. The number of carbonyl (C=O) groups is 1. The number of carboxylic acid groups (broad SMARTS) is 1. The Kier molecular flexibility index (Phi) is 17.6. The molecule has 3 unspecified atom stereocenters. The highest BCUT2D eigenvalue weighted by Crippen LogP contribution is 2.52. The fraction of sp³-hybridized carbons (Fsp3) is 0.554. The predicted molar refractivity (Wildman–Crippen MR) is 262 cm³/mol. The normalized spacial score (nSPS) is 18.9. The Morgan fingerprint density at radius 3 is 1.86 bits per heavy atom. The molecule has 0 fully saturated rings. The smallest absolute Gasteiger partial charge is 0.303 e. The Labute approximate surface area is 395 Å². The maximum atomic E-state index is 10.7. The summed E-state index contributed by atoms with van der Waals surface area (Å²) in [5.74, 6) is 4.82. The Bertz CT molecular complexity index is 2210. The van der Waals surface area contributed by atoms with Crippen LogP contribution < -0.4 is 28.4 Å². The molecule has 0 saturated carbocycles. The topological polar surface area (TPSA) is 95.9 Å². The second-order valence-corrected chi connectivity index (χ2v) is 19.3. The first-order valence-electron chi connectivity index (χ1n) is 25.0. The van der Waals surface area contributed by atoms with Gasteiger partial charge in [-0.15, -0.1) is 0 Å². The molecule has 66 heavy (non-hydrogen) atoms. The molecule has 3 atom stereocenters. The number of quaternary nitrogens is 1. The highest BCUT2D eigenvalue weighted by atomic mass is 16.5.